The van der Waals surface area contributed by atoms with Crippen LogP contribution in [0.25, 0.3) is 0 Å². The van der Waals surface area contributed by atoms with Gasteiger partial charge >= 0.3 is 0 Å². The number of carbonyl (C=O) groups is 2. The van der Waals surface area contributed by atoms with Gasteiger partial charge in [-0.15, -0.1) is 0 Å². The summed E-state index contributed by atoms with van der Waals surface area (Å²) in [6.07, 6.45) is 3.23. The second-order valence-corrected chi connectivity index (χ2v) is 4.77. The fourth-order valence-electron chi connectivity index (χ4n) is 1.68. The molecule has 6 heteroatoms. The number of hydrogen-bond donors (Lipinski definition) is 2. The minimum absolute atomic E-state index is 0.113. The van der Waals surface area contributed by atoms with Gasteiger partial charge in [0.1, 0.15) is 0 Å². The summed E-state index contributed by atoms with van der Waals surface area (Å²) in [4.78, 5) is 26.7. The zero-order chi connectivity index (χ0) is 14.7. The molecule has 0 unspecified atom stereocenters. The molecule has 0 fully saturated rings. The average Bonchev–Trinajstić information content (AvgIpc) is 2.41. The highest BCUT2D eigenvalue weighted by molar-refractivity contribution is 5.76. The van der Waals surface area contributed by atoms with E-state index in [-0.39, 0.29) is 11.8 Å². The number of rotatable bonds is 10. The summed E-state index contributed by atoms with van der Waals surface area (Å²) >= 11 is 0. The first-order valence-corrected chi connectivity index (χ1v) is 6.91. The highest BCUT2D eigenvalue weighted by Gasteiger charge is 2.10. The lowest BCUT2D eigenvalue weighted by Crippen LogP contribution is -2.33. The normalized spacial score (nSPS) is 10.3. The van der Waals surface area contributed by atoms with Gasteiger partial charge in [-0.1, -0.05) is 0 Å². The van der Waals surface area contributed by atoms with Crippen molar-refractivity contribution < 1.29 is 9.59 Å². The molecule has 0 atom stereocenters. The summed E-state index contributed by atoms with van der Waals surface area (Å²) in [6.45, 7) is 2.41. The van der Waals surface area contributed by atoms with Crippen molar-refractivity contribution in [1.29, 1.82) is 0 Å². The van der Waals surface area contributed by atoms with Crippen LogP contribution in [0.4, 0.5) is 0 Å². The van der Waals surface area contributed by atoms with Gasteiger partial charge in [0, 0.05) is 40.0 Å². The Kier molecular flexibility index (Phi) is 10.1. The van der Waals surface area contributed by atoms with Gasteiger partial charge in [0.2, 0.25) is 11.8 Å². The molecule has 0 rings (SSSR count). The Bertz CT molecular complexity index is 245. The summed E-state index contributed by atoms with van der Waals surface area (Å²) in [5.41, 5.74) is 10.7. The maximum Gasteiger partial charge on any atom is 0.222 e. The van der Waals surface area contributed by atoms with Gasteiger partial charge < -0.3 is 21.3 Å². The molecule has 0 aromatic carbocycles. The van der Waals surface area contributed by atoms with Crippen LogP contribution in [0, 0.1) is 0 Å². The van der Waals surface area contributed by atoms with Crippen LogP contribution in [0.15, 0.2) is 0 Å². The number of nitrogens with two attached hydrogens (primary N) is 2. The van der Waals surface area contributed by atoms with Crippen LogP contribution in [0.5, 0.6) is 0 Å². The third-order valence-corrected chi connectivity index (χ3v) is 3.03. The van der Waals surface area contributed by atoms with E-state index < -0.39 is 0 Å². The van der Waals surface area contributed by atoms with Crippen LogP contribution >= 0.6 is 0 Å². The summed E-state index contributed by atoms with van der Waals surface area (Å²) in [5.74, 6) is 0.227. The Balaban J connectivity index is 3.76. The Morgan fingerprint density at radius 2 is 1.16 bits per heavy atom. The van der Waals surface area contributed by atoms with Gasteiger partial charge in [-0.25, -0.2) is 0 Å². The van der Waals surface area contributed by atoms with Crippen molar-refractivity contribution in [2.24, 2.45) is 11.5 Å². The van der Waals surface area contributed by atoms with E-state index in [9.17, 15) is 9.59 Å². The number of hydrogen-bond acceptors (Lipinski definition) is 4. The van der Waals surface area contributed by atoms with Crippen molar-refractivity contribution in [3.63, 3.8) is 0 Å². The second kappa shape index (κ2) is 10.8. The first-order valence-electron chi connectivity index (χ1n) is 6.91. The summed E-state index contributed by atoms with van der Waals surface area (Å²) in [5, 5.41) is 0. The van der Waals surface area contributed by atoms with E-state index in [2.05, 4.69) is 0 Å². The number of nitrogens with zero attached hydrogens (tertiary/aromatic N) is 2. The molecule has 0 aromatic heterocycles. The molecule has 0 heterocycles. The third-order valence-electron chi connectivity index (χ3n) is 3.03. The molecule has 0 spiro atoms. The van der Waals surface area contributed by atoms with Crippen LogP contribution in [-0.2, 0) is 9.59 Å². The molecule has 0 radical (unpaired) electrons. The second-order valence-electron chi connectivity index (χ2n) is 4.77. The molecule has 0 saturated carbocycles. The summed E-state index contributed by atoms with van der Waals surface area (Å²) in [6, 6.07) is 0. The third kappa shape index (κ3) is 8.56. The van der Waals surface area contributed by atoms with Gasteiger partial charge in [0.15, 0.2) is 0 Å². The monoisotopic (exact) mass is 272 g/mol. The molecule has 0 bridgehead atoms. The Hall–Kier alpha value is -1.14. The van der Waals surface area contributed by atoms with E-state index in [0.29, 0.717) is 39.0 Å². The van der Waals surface area contributed by atoms with Crippen LogP contribution < -0.4 is 11.5 Å². The molecule has 0 aliphatic carbocycles. The van der Waals surface area contributed by atoms with Crippen LogP contribution in [-0.4, -0.2) is 61.9 Å². The molecule has 0 saturated heterocycles. The van der Waals surface area contributed by atoms with Crippen molar-refractivity contribution in [3.05, 3.63) is 0 Å². The topological polar surface area (TPSA) is 92.7 Å². The fraction of sp³-hybridized carbons (Fsp3) is 0.846. The van der Waals surface area contributed by atoms with E-state index >= 15 is 0 Å². The quantitative estimate of drug-likeness (QED) is 0.574. The van der Waals surface area contributed by atoms with E-state index in [1.54, 1.807) is 23.9 Å². The minimum Gasteiger partial charge on any atom is -0.346 e. The van der Waals surface area contributed by atoms with E-state index in [1.807, 2.05) is 0 Å². The predicted molar refractivity (Wildman–Crippen MR) is 76.5 cm³/mol. The van der Waals surface area contributed by atoms with Crippen molar-refractivity contribution >= 4 is 11.8 Å². The van der Waals surface area contributed by atoms with Crippen LogP contribution in [0.3, 0.4) is 0 Å². The van der Waals surface area contributed by atoms with E-state index in [1.165, 1.54) is 0 Å². The molecule has 4 N–H and O–H groups in total. The molecule has 0 aromatic rings. The van der Waals surface area contributed by atoms with Gasteiger partial charge in [-0.3, -0.25) is 9.59 Å². The molecule has 112 valence electrons. The van der Waals surface area contributed by atoms with E-state index in [0.717, 1.165) is 19.3 Å². The van der Waals surface area contributed by atoms with Crippen LogP contribution in [0.1, 0.15) is 32.1 Å². The molecule has 0 aliphatic rings. The van der Waals surface area contributed by atoms with Gasteiger partial charge in [-0.05, 0) is 32.4 Å². The molecule has 0 aliphatic heterocycles. The lowest BCUT2D eigenvalue weighted by Gasteiger charge is -2.20. The van der Waals surface area contributed by atoms with Gasteiger partial charge in [0.25, 0.3) is 0 Å². The van der Waals surface area contributed by atoms with Crippen molar-refractivity contribution in [3.8, 4) is 0 Å². The number of carbonyl (C=O) groups excluding carboxylic acids is 2. The molecule has 19 heavy (non-hydrogen) atoms. The first kappa shape index (κ1) is 17.9. The first-order chi connectivity index (χ1) is 9.02. The molecular weight excluding hydrogens is 244 g/mol. The smallest absolute Gasteiger partial charge is 0.222 e. The SMILES string of the molecule is CN(CCCN(C)C(=O)CCCN)C(=O)CCCN. The standard InChI is InChI=1S/C13H28N4O2/c1-16(12(18)6-3-8-14)10-5-11-17(2)13(19)7-4-9-15/h3-11,14-15H2,1-2H3. The zero-order valence-electron chi connectivity index (χ0n) is 12.2. The lowest BCUT2D eigenvalue weighted by atomic mass is 10.2. The van der Waals surface area contributed by atoms with Crippen molar-refractivity contribution in [2.45, 2.75) is 32.1 Å². The Morgan fingerprint density at radius 3 is 1.47 bits per heavy atom. The maximum atomic E-state index is 11.6. The zero-order valence-corrected chi connectivity index (χ0v) is 12.2. The predicted octanol–water partition coefficient (Wildman–Crippen LogP) is -0.229. The Morgan fingerprint density at radius 1 is 0.789 bits per heavy atom. The molecule has 6 nitrogen and oxygen atoms in total. The van der Waals surface area contributed by atoms with Crippen molar-refractivity contribution in [1.82, 2.24) is 9.80 Å². The fourth-order valence-corrected chi connectivity index (χ4v) is 1.68. The molecular formula is C13H28N4O2. The largest absolute Gasteiger partial charge is 0.346 e. The summed E-state index contributed by atoms with van der Waals surface area (Å²) < 4.78 is 0. The van der Waals surface area contributed by atoms with Crippen molar-refractivity contribution in [2.75, 3.05) is 40.3 Å². The highest BCUT2D eigenvalue weighted by atomic mass is 16.2. The number of amides is 2. The van der Waals surface area contributed by atoms with Gasteiger partial charge in [-0.2, -0.15) is 0 Å². The average molecular weight is 272 g/mol. The minimum atomic E-state index is 0.113. The highest BCUT2D eigenvalue weighted by Crippen LogP contribution is 1.99. The lowest BCUT2D eigenvalue weighted by molar-refractivity contribution is -0.130. The van der Waals surface area contributed by atoms with Gasteiger partial charge in [0.05, 0.1) is 0 Å². The summed E-state index contributed by atoms with van der Waals surface area (Å²) in [7, 11) is 3.57. The maximum absolute atomic E-state index is 11.6. The van der Waals surface area contributed by atoms with Crippen LogP contribution in [0.2, 0.25) is 0 Å². The van der Waals surface area contributed by atoms with E-state index in [4.69, 9.17) is 11.5 Å². The molecule has 2 amide bonds. The Labute approximate surface area is 116 Å².